The molecule has 0 bridgehead atoms. The van der Waals surface area contributed by atoms with Crippen molar-refractivity contribution in [2.24, 2.45) is 0 Å². The van der Waals surface area contributed by atoms with Gasteiger partial charge in [-0.05, 0) is 24.6 Å². The molecule has 1 aromatic heterocycles. The highest BCUT2D eigenvalue weighted by Gasteiger charge is 2.13. The number of rotatable bonds is 4. The third kappa shape index (κ3) is 3.56. The van der Waals surface area contributed by atoms with E-state index in [9.17, 15) is 9.90 Å². The van der Waals surface area contributed by atoms with Crippen LogP contribution in [0, 0.1) is 6.92 Å². The minimum Gasteiger partial charge on any atom is -0.387 e. The normalized spacial score (nSPS) is 11.9. The molecule has 2 N–H and O–H groups in total. The van der Waals surface area contributed by atoms with Crippen molar-refractivity contribution in [3.05, 3.63) is 64.4 Å². The first-order valence-corrected chi connectivity index (χ1v) is 6.58. The van der Waals surface area contributed by atoms with Crippen molar-refractivity contribution in [1.82, 2.24) is 10.3 Å². The Morgan fingerprint density at radius 1 is 1.40 bits per heavy atom. The van der Waals surface area contributed by atoms with Crippen LogP contribution in [0.1, 0.15) is 27.6 Å². The number of hydrogen-bond acceptors (Lipinski definition) is 3. The maximum absolute atomic E-state index is 11.9. The minimum atomic E-state index is -0.842. The van der Waals surface area contributed by atoms with Gasteiger partial charge in [-0.2, -0.15) is 0 Å². The molecule has 0 saturated carbocycles. The van der Waals surface area contributed by atoms with Gasteiger partial charge in [0.15, 0.2) is 0 Å². The van der Waals surface area contributed by atoms with Crippen LogP contribution < -0.4 is 5.32 Å². The van der Waals surface area contributed by atoms with Gasteiger partial charge in [0.05, 0.1) is 11.7 Å². The highest BCUT2D eigenvalue weighted by molar-refractivity contribution is 6.31. The lowest BCUT2D eigenvalue weighted by atomic mass is 10.1. The number of aromatic nitrogens is 1. The van der Waals surface area contributed by atoms with Gasteiger partial charge in [0.1, 0.15) is 0 Å². The zero-order valence-electron chi connectivity index (χ0n) is 11.0. The molecule has 1 amide bonds. The summed E-state index contributed by atoms with van der Waals surface area (Å²) in [7, 11) is 0. The van der Waals surface area contributed by atoms with E-state index >= 15 is 0 Å². The van der Waals surface area contributed by atoms with Crippen LogP contribution in [0.5, 0.6) is 0 Å². The van der Waals surface area contributed by atoms with Crippen LogP contribution in [0.3, 0.4) is 0 Å². The molecule has 4 nitrogen and oxygen atoms in total. The van der Waals surface area contributed by atoms with E-state index in [-0.39, 0.29) is 12.5 Å². The number of pyridine rings is 1. The Labute approximate surface area is 122 Å². The number of carbonyl (C=O) groups is 1. The lowest BCUT2D eigenvalue weighted by molar-refractivity contribution is 0.0916. The van der Waals surface area contributed by atoms with Crippen LogP contribution >= 0.6 is 11.6 Å². The summed E-state index contributed by atoms with van der Waals surface area (Å²) in [4.78, 5) is 15.9. The Morgan fingerprint density at radius 2 is 2.15 bits per heavy atom. The van der Waals surface area contributed by atoms with Crippen molar-refractivity contribution < 1.29 is 9.90 Å². The van der Waals surface area contributed by atoms with Gasteiger partial charge in [0.2, 0.25) is 0 Å². The zero-order valence-corrected chi connectivity index (χ0v) is 11.8. The number of hydrogen-bond donors (Lipinski definition) is 2. The fourth-order valence-electron chi connectivity index (χ4n) is 1.83. The van der Waals surface area contributed by atoms with Crippen LogP contribution in [0.2, 0.25) is 5.02 Å². The first kappa shape index (κ1) is 14.5. The van der Waals surface area contributed by atoms with E-state index in [4.69, 9.17) is 11.6 Å². The van der Waals surface area contributed by atoms with E-state index in [2.05, 4.69) is 10.3 Å². The van der Waals surface area contributed by atoms with Gasteiger partial charge in [-0.1, -0.05) is 29.8 Å². The predicted molar refractivity (Wildman–Crippen MR) is 77.7 cm³/mol. The maximum Gasteiger partial charge on any atom is 0.252 e. The lowest BCUT2D eigenvalue weighted by Crippen LogP contribution is -2.28. The number of benzene rings is 1. The summed E-state index contributed by atoms with van der Waals surface area (Å²) in [5.41, 5.74) is 1.97. The minimum absolute atomic E-state index is 0.0938. The molecule has 5 heteroatoms. The van der Waals surface area contributed by atoms with E-state index in [0.29, 0.717) is 16.1 Å². The Kier molecular flexibility index (Phi) is 4.71. The molecule has 0 aliphatic rings. The molecule has 104 valence electrons. The average molecular weight is 291 g/mol. The van der Waals surface area contributed by atoms with E-state index in [0.717, 1.165) is 5.56 Å². The zero-order chi connectivity index (χ0) is 14.5. The van der Waals surface area contributed by atoms with Crippen LogP contribution in [-0.4, -0.2) is 22.5 Å². The van der Waals surface area contributed by atoms with Gasteiger partial charge in [-0.3, -0.25) is 9.78 Å². The van der Waals surface area contributed by atoms with Crippen LogP contribution in [-0.2, 0) is 0 Å². The molecule has 2 rings (SSSR count). The summed E-state index contributed by atoms with van der Waals surface area (Å²) in [5, 5.41) is 13.2. The van der Waals surface area contributed by atoms with Gasteiger partial charge in [0, 0.05) is 29.5 Å². The molecule has 1 unspecified atom stereocenters. The monoisotopic (exact) mass is 290 g/mol. The summed E-state index contributed by atoms with van der Waals surface area (Å²) < 4.78 is 0. The van der Waals surface area contributed by atoms with Crippen molar-refractivity contribution in [2.45, 2.75) is 13.0 Å². The third-order valence-corrected chi connectivity index (χ3v) is 3.20. The van der Waals surface area contributed by atoms with Gasteiger partial charge < -0.3 is 10.4 Å². The van der Waals surface area contributed by atoms with Crippen molar-refractivity contribution >= 4 is 17.5 Å². The molecule has 1 aromatic carbocycles. The molecule has 20 heavy (non-hydrogen) atoms. The average Bonchev–Trinajstić information content (AvgIpc) is 2.45. The van der Waals surface area contributed by atoms with Gasteiger partial charge in [-0.25, -0.2) is 0 Å². The molecule has 2 aromatic rings. The summed E-state index contributed by atoms with van der Waals surface area (Å²) in [5.74, 6) is -0.271. The van der Waals surface area contributed by atoms with E-state index in [1.165, 1.54) is 6.20 Å². The number of amides is 1. The molecular weight excluding hydrogens is 276 g/mol. The first-order chi connectivity index (χ1) is 9.58. The van der Waals surface area contributed by atoms with Crippen LogP contribution in [0.4, 0.5) is 0 Å². The number of aryl methyl sites for hydroxylation is 1. The molecular formula is C15H15ClN2O2. The molecule has 0 saturated heterocycles. The molecule has 0 aliphatic heterocycles. The summed E-state index contributed by atoms with van der Waals surface area (Å²) in [6, 6.07) is 8.75. The summed E-state index contributed by atoms with van der Waals surface area (Å²) in [6.45, 7) is 1.96. The van der Waals surface area contributed by atoms with Crippen molar-refractivity contribution in [3.8, 4) is 0 Å². The van der Waals surface area contributed by atoms with Gasteiger partial charge in [-0.15, -0.1) is 0 Å². The smallest absolute Gasteiger partial charge is 0.252 e. The van der Waals surface area contributed by atoms with Gasteiger partial charge >= 0.3 is 0 Å². The van der Waals surface area contributed by atoms with Gasteiger partial charge in [0.25, 0.3) is 5.91 Å². The second-order valence-corrected chi connectivity index (χ2v) is 4.91. The number of aliphatic hydroxyl groups excluding tert-OH is 1. The fourth-order valence-corrected chi connectivity index (χ4v) is 2.09. The molecule has 0 fully saturated rings. The Morgan fingerprint density at radius 3 is 2.85 bits per heavy atom. The quantitative estimate of drug-likeness (QED) is 0.909. The lowest BCUT2D eigenvalue weighted by Gasteiger charge is -2.13. The van der Waals surface area contributed by atoms with Crippen molar-refractivity contribution in [3.63, 3.8) is 0 Å². The molecule has 1 atom stereocenters. The topological polar surface area (TPSA) is 62.2 Å². The van der Waals surface area contributed by atoms with Crippen molar-refractivity contribution in [1.29, 1.82) is 0 Å². The number of carbonyl (C=O) groups excluding carboxylic acids is 1. The first-order valence-electron chi connectivity index (χ1n) is 6.20. The van der Waals surface area contributed by atoms with E-state index in [1.54, 1.807) is 36.5 Å². The summed E-state index contributed by atoms with van der Waals surface area (Å²) in [6.07, 6.45) is 2.32. The Hall–Kier alpha value is -1.91. The second-order valence-electron chi connectivity index (χ2n) is 4.50. The molecule has 1 heterocycles. The Bertz CT molecular complexity index is 616. The van der Waals surface area contributed by atoms with E-state index < -0.39 is 6.10 Å². The second kappa shape index (κ2) is 6.50. The Balaban J connectivity index is 1.99. The molecule has 0 radical (unpaired) electrons. The number of aliphatic hydroxyl groups is 1. The standard InChI is InChI=1S/C15H15ClN2O2/c1-10-6-11(8-17-7-10)15(20)18-9-14(19)12-4-2-3-5-13(12)16/h2-8,14,19H,9H2,1H3,(H,18,20). The maximum atomic E-state index is 11.9. The van der Waals surface area contributed by atoms with Crippen molar-refractivity contribution in [2.75, 3.05) is 6.54 Å². The third-order valence-electron chi connectivity index (χ3n) is 2.86. The van der Waals surface area contributed by atoms with Crippen LogP contribution in [0.25, 0.3) is 0 Å². The van der Waals surface area contributed by atoms with Crippen LogP contribution in [0.15, 0.2) is 42.7 Å². The number of nitrogens with zero attached hydrogens (tertiary/aromatic N) is 1. The SMILES string of the molecule is Cc1cncc(C(=O)NCC(O)c2ccccc2Cl)c1. The summed E-state index contributed by atoms with van der Waals surface area (Å²) >= 11 is 5.99. The molecule has 0 aliphatic carbocycles. The fraction of sp³-hybridized carbons (Fsp3) is 0.200. The highest BCUT2D eigenvalue weighted by atomic mass is 35.5. The number of nitrogens with one attached hydrogen (secondary N) is 1. The highest BCUT2D eigenvalue weighted by Crippen LogP contribution is 2.21. The largest absolute Gasteiger partial charge is 0.387 e. The van der Waals surface area contributed by atoms with E-state index in [1.807, 2.05) is 6.92 Å². The predicted octanol–water partition coefficient (Wildman–Crippen LogP) is 2.51. The number of halogens is 1. The molecule has 0 spiro atoms.